The molecule has 0 amide bonds. The summed E-state index contributed by atoms with van der Waals surface area (Å²) in [5, 5.41) is 3.20. The van der Waals surface area contributed by atoms with Crippen LogP contribution in [0.25, 0.3) is 0 Å². The van der Waals surface area contributed by atoms with E-state index in [9.17, 15) is 4.39 Å². The third-order valence-electron chi connectivity index (χ3n) is 2.84. The molecule has 1 fully saturated rings. The summed E-state index contributed by atoms with van der Waals surface area (Å²) in [5.41, 5.74) is 1.64. The molecular formula is C12H16FNO. The lowest BCUT2D eigenvalue weighted by atomic mass is 10.1. The fraction of sp³-hybridized carbons (Fsp3) is 0.500. The Morgan fingerprint density at radius 3 is 2.93 bits per heavy atom. The number of aryl methyl sites for hydroxylation is 1. The summed E-state index contributed by atoms with van der Waals surface area (Å²) in [6.07, 6.45) is 1.10. The highest BCUT2D eigenvalue weighted by Crippen LogP contribution is 2.22. The van der Waals surface area contributed by atoms with Gasteiger partial charge in [0.05, 0.1) is 17.8 Å². The highest BCUT2D eigenvalue weighted by molar-refractivity contribution is 5.48. The zero-order valence-electron chi connectivity index (χ0n) is 9.09. The molecule has 1 saturated heterocycles. The fourth-order valence-electron chi connectivity index (χ4n) is 1.87. The molecule has 2 atom stereocenters. The van der Waals surface area contributed by atoms with Gasteiger partial charge in [0, 0.05) is 6.61 Å². The second-order valence-corrected chi connectivity index (χ2v) is 4.10. The van der Waals surface area contributed by atoms with E-state index in [4.69, 9.17) is 4.74 Å². The number of halogens is 1. The molecule has 0 radical (unpaired) electrons. The van der Waals surface area contributed by atoms with Crippen LogP contribution in [0.5, 0.6) is 0 Å². The highest BCUT2D eigenvalue weighted by atomic mass is 19.1. The summed E-state index contributed by atoms with van der Waals surface area (Å²) in [4.78, 5) is 0. The van der Waals surface area contributed by atoms with Gasteiger partial charge in [-0.05, 0) is 38.0 Å². The Kier molecular flexibility index (Phi) is 2.91. The van der Waals surface area contributed by atoms with Gasteiger partial charge >= 0.3 is 0 Å². The van der Waals surface area contributed by atoms with Gasteiger partial charge in [-0.15, -0.1) is 0 Å². The van der Waals surface area contributed by atoms with Crippen molar-refractivity contribution in [3.63, 3.8) is 0 Å². The Labute approximate surface area is 89.4 Å². The van der Waals surface area contributed by atoms with Gasteiger partial charge in [0.25, 0.3) is 0 Å². The molecule has 1 aliphatic rings. The van der Waals surface area contributed by atoms with Gasteiger partial charge in [-0.2, -0.15) is 0 Å². The van der Waals surface area contributed by atoms with Crippen LogP contribution in [0.15, 0.2) is 18.2 Å². The normalized spacial score (nSPS) is 25.5. The van der Waals surface area contributed by atoms with E-state index >= 15 is 0 Å². The second kappa shape index (κ2) is 4.19. The minimum Gasteiger partial charge on any atom is -0.377 e. The highest BCUT2D eigenvalue weighted by Gasteiger charge is 2.24. The van der Waals surface area contributed by atoms with Crippen molar-refractivity contribution in [2.24, 2.45) is 0 Å². The van der Waals surface area contributed by atoms with Crippen molar-refractivity contribution in [3.05, 3.63) is 29.6 Å². The molecule has 0 spiro atoms. The predicted octanol–water partition coefficient (Wildman–Crippen LogP) is 2.72. The van der Waals surface area contributed by atoms with E-state index in [0.29, 0.717) is 5.69 Å². The molecule has 2 unspecified atom stereocenters. The molecule has 1 heterocycles. The van der Waals surface area contributed by atoms with E-state index in [0.717, 1.165) is 18.6 Å². The van der Waals surface area contributed by atoms with Crippen molar-refractivity contribution < 1.29 is 9.13 Å². The van der Waals surface area contributed by atoms with Gasteiger partial charge in [-0.3, -0.25) is 0 Å². The summed E-state index contributed by atoms with van der Waals surface area (Å²) in [5.74, 6) is -0.195. The Bertz CT molecular complexity index is 353. The quantitative estimate of drug-likeness (QED) is 0.808. The Balaban J connectivity index is 2.12. The molecule has 3 heteroatoms. The van der Waals surface area contributed by atoms with Crippen LogP contribution in [0.3, 0.4) is 0 Å². The van der Waals surface area contributed by atoms with Gasteiger partial charge in [0.2, 0.25) is 0 Å². The first-order valence-electron chi connectivity index (χ1n) is 5.31. The molecule has 82 valence electrons. The van der Waals surface area contributed by atoms with Crippen LogP contribution < -0.4 is 5.32 Å². The maximum Gasteiger partial charge on any atom is 0.146 e. The number of ether oxygens (including phenoxy) is 1. The number of anilines is 1. The van der Waals surface area contributed by atoms with Crippen molar-refractivity contribution in [3.8, 4) is 0 Å². The van der Waals surface area contributed by atoms with E-state index < -0.39 is 0 Å². The van der Waals surface area contributed by atoms with Crippen LogP contribution in [0.2, 0.25) is 0 Å². The molecule has 0 bridgehead atoms. The maximum atomic E-state index is 13.4. The van der Waals surface area contributed by atoms with Crippen LogP contribution in [0.4, 0.5) is 10.1 Å². The fourth-order valence-corrected chi connectivity index (χ4v) is 1.87. The maximum absolute atomic E-state index is 13.4. The Morgan fingerprint density at radius 1 is 1.47 bits per heavy atom. The lowest BCUT2D eigenvalue weighted by Crippen LogP contribution is -2.27. The smallest absolute Gasteiger partial charge is 0.146 e. The first kappa shape index (κ1) is 10.4. The summed E-state index contributed by atoms with van der Waals surface area (Å²) in [7, 11) is 0. The molecule has 0 aromatic heterocycles. The molecule has 0 saturated carbocycles. The first-order valence-corrected chi connectivity index (χ1v) is 5.31. The summed E-state index contributed by atoms with van der Waals surface area (Å²) < 4.78 is 18.9. The Hall–Kier alpha value is -1.09. The summed E-state index contributed by atoms with van der Waals surface area (Å²) in [6.45, 7) is 4.73. The molecular weight excluding hydrogens is 193 g/mol. The SMILES string of the molecule is Cc1ccc(F)c(NC2CCOC2C)c1. The van der Waals surface area contributed by atoms with Gasteiger partial charge < -0.3 is 10.1 Å². The number of nitrogens with one attached hydrogen (secondary N) is 1. The topological polar surface area (TPSA) is 21.3 Å². The van der Waals surface area contributed by atoms with Crippen molar-refractivity contribution in [2.75, 3.05) is 11.9 Å². The minimum absolute atomic E-state index is 0.157. The Morgan fingerprint density at radius 2 is 2.27 bits per heavy atom. The number of hydrogen-bond acceptors (Lipinski definition) is 2. The van der Waals surface area contributed by atoms with Crippen molar-refractivity contribution in [1.82, 2.24) is 0 Å². The van der Waals surface area contributed by atoms with Crippen LogP contribution in [-0.2, 0) is 4.74 Å². The van der Waals surface area contributed by atoms with Crippen LogP contribution in [0.1, 0.15) is 18.9 Å². The van der Waals surface area contributed by atoms with Crippen LogP contribution in [0, 0.1) is 12.7 Å². The van der Waals surface area contributed by atoms with Gasteiger partial charge in [0.15, 0.2) is 0 Å². The zero-order chi connectivity index (χ0) is 10.8. The number of benzene rings is 1. The van der Waals surface area contributed by atoms with Crippen molar-refractivity contribution in [1.29, 1.82) is 0 Å². The van der Waals surface area contributed by atoms with Gasteiger partial charge in [0.1, 0.15) is 5.82 Å². The third-order valence-corrected chi connectivity index (χ3v) is 2.84. The lowest BCUT2D eigenvalue weighted by molar-refractivity contribution is 0.121. The molecule has 1 N–H and O–H groups in total. The zero-order valence-corrected chi connectivity index (χ0v) is 9.09. The molecule has 1 aromatic rings. The number of rotatable bonds is 2. The average molecular weight is 209 g/mol. The van der Waals surface area contributed by atoms with Crippen LogP contribution >= 0.6 is 0 Å². The molecule has 2 rings (SSSR count). The molecule has 1 aliphatic heterocycles. The standard InChI is InChI=1S/C12H16FNO/c1-8-3-4-10(13)12(7-8)14-11-5-6-15-9(11)2/h3-4,7,9,11,14H,5-6H2,1-2H3. The first-order chi connectivity index (χ1) is 7.16. The van der Waals surface area contributed by atoms with Crippen LogP contribution in [-0.4, -0.2) is 18.8 Å². The number of hydrogen-bond donors (Lipinski definition) is 1. The molecule has 15 heavy (non-hydrogen) atoms. The van der Waals surface area contributed by atoms with Gasteiger partial charge in [-0.1, -0.05) is 6.07 Å². The molecule has 1 aromatic carbocycles. The van der Waals surface area contributed by atoms with E-state index in [2.05, 4.69) is 5.32 Å². The lowest BCUT2D eigenvalue weighted by Gasteiger charge is -2.18. The van der Waals surface area contributed by atoms with Gasteiger partial charge in [-0.25, -0.2) is 4.39 Å². The van der Waals surface area contributed by atoms with E-state index in [-0.39, 0.29) is 18.0 Å². The monoisotopic (exact) mass is 209 g/mol. The van der Waals surface area contributed by atoms with E-state index in [1.165, 1.54) is 6.07 Å². The molecule has 2 nitrogen and oxygen atoms in total. The largest absolute Gasteiger partial charge is 0.377 e. The van der Waals surface area contributed by atoms with Crippen molar-refractivity contribution in [2.45, 2.75) is 32.4 Å². The predicted molar refractivity (Wildman–Crippen MR) is 58.6 cm³/mol. The molecule has 0 aliphatic carbocycles. The summed E-state index contributed by atoms with van der Waals surface area (Å²) in [6, 6.07) is 5.33. The van der Waals surface area contributed by atoms with Crippen molar-refractivity contribution >= 4 is 5.69 Å². The van der Waals surface area contributed by atoms with E-state index in [1.54, 1.807) is 6.07 Å². The average Bonchev–Trinajstić information content (AvgIpc) is 2.58. The third kappa shape index (κ3) is 2.29. The van der Waals surface area contributed by atoms with E-state index in [1.807, 2.05) is 19.9 Å². The second-order valence-electron chi connectivity index (χ2n) is 4.10. The minimum atomic E-state index is -0.195. The summed E-state index contributed by atoms with van der Waals surface area (Å²) >= 11 is 0.